The molecule has 3 atom stereocenters. The highest BCUT2D eigenvalue weighted by molar-refractivity contribution is 7.90. The highest BCUT2D eigenvalue weighted by Gasteiger charge is 2.27. The Morgan fingerprint density at radius 1 is 1.17 bits per heavy atom. The fourth-order valence-electron chi connectivity index (χ4n) is 3.42. The van der Waals surface area contributed by atoms with Crippen molar-refractivity contribution < 1.29 is 8.42 Å². The van der Waals surface area contributed by atoms with E-state index in [1.54, 1.807) is 23.5 Å². The van der Waals surface area contributed by atoms with Crippen molar-refractivity contribution in [1.82, 2.24) is 5.32 Å². The summed E-state index contributed by atoms with van der Waals surface area (Å²) in [7, 11) is -3.12. The number of benzene rings is 1. The molecule has 0 aliphatic heterocycles. The van der Waals surface area contributed by atoms with E-state index in [0.29, 0.717) is 22.9 Å². The van der Waals surface area contributed by atoms with Crippen LogP contribution < -0.4 is 5.32 Å². The SMILES string of the molecule is C[C@@H](N[C@@H]1CCC(c2ccc(S(C)(=O)=O)cc2)C1)c1ccc(Cl)s1. The van der Waals surface area contributed by atoms with Crippen molar-refractivity contribution in [2.24, 2.45) is 0 Å². The summed E-state index contributed by atoms with van der Waals surface area (Å²) >= 11 is 7.64. The highest BCUT2D eigenvalue weighted by atomic mass is 35.5. The summed E-state index contributed by atoms with van der Waals surface area (Å²) in [5, 5.41) is 3.70. The molecule has 1 N–H and O–H groups in total. The summed E-state index contributed by atoms with van der Waals surface area (Å²) in [4.78, 5) is 1.66. The van der Waals surface area contributed by atoms with Crippen molar-refractivity contribution in [2.75, 3.05) is 6.26 Å². The van der Waals surface area contributed by atoms with E-state index in [2.05, 4.69) is 18.3 Å². The van der Waals surface area contributed by atoms with Gasteiger partial charge < -0.3 is 5.32 Å². The second-order valence-electron chi connectivity index (χ2n) is 6.58. The van der Waals surface area contributed by atoms with Crippen LogP contribution in [-0.4, -0.2) is 20.7 Å². The second-order valence-corrected chi connectivity index (χ2v) is 10.3. The largest absolute Gasteiger partial charge is 0.307 e. The lowest BCUT2D eigenvalue weighted by atomic mass is 9.97. The number of nitrogens with one attached hydrogen (secondary N) is 1. The molecular formula is C18H22ClNO2S2. The zero-order valence-electron chi connectivity index (χ0n) is 13.8. The van der Waals surface area contributed by atoms with Crippen LogP contribution in [0.25, 0.3) is 0 Å². The van der Waals surface area contributed by atoms with Gasteiger partial charge in [-0.2, -0.15) is 0 Å². The fourth-order valence-corrected chi connectivity index (χ4v) is 5.12. The summed E-state index contributed by atoms with van der Waals surface area (Å²) in [6, 6.07) is 12.2. The molecule has 1 aliphatic carbocycles. The van der Waals surface area contributed by atoms with Crippen molar-refractivity contribution in [2.45, 2.75) is 49.1 Å². The molecule has 1 aromatic heterocycles. The first-order chi connectivity index (χ1) is 11.3. The smallest absolute Gasteiger partial charge is 0.175 e. The molecule has 1 aliphatic rings. The predicted molar refractivity (Wildman–Crippen MR) is 101 cm³/mol. The summed E-state index contributed by atoms with van der Waals surface area (Å²) < 4.78 is 23.9. The molecule has 2 aromatic rings. The van der Waals surface area contributed by atoms with Gasteiger partial charge in [0.25, 0.3) is 0 Å². The van der Waals surface area contributed by atoms with E-state index in [9.17, 15) is 8.42 Å². The zero-order valence-corrected chi connectivity index (χ0v) is 16.2. The molecule has 0 saturated heterocycles. The van der Waals surface area contributed by atoms with Gasteiger partial charge in [0.05, 0.1) is 9.23 Å². The van der Waals surface area contributed by atoms with Crippen LogP contribution in [0, 0.1) is 0 Å². The third kappa shape index (κ3) is 4.20. The minimum atomic E-state index is -3.12. The van der Waals surface area contributed by atoms with Gasteiger partial charge in [-0.15, -0.1) is 11.3 Å². The predicted octanol–water partition coefficient (Wildman–Crippen LogP) is 4.79. The van der Waals surface area contributed by atoms with Crippen LogP contribution in [0.3, 0.4) is 0 Å². The Labute approximate surface area is 153 Å². The van der Waals surface area contributed by atoms with Gasteiger partial charge in [-0.1, -0.05) is 23.7 Å². The average Bonchev–Trinajstić information content (AvgIpc) is 3.16. The lowest BCUT2D eigenvalue weighted by Crippen LogP contribution is -2.28. The monoisotopic (exact) mass is 383 g/mol. The van der Waals surface area contributed by atoms with E-state index in [1.807, 2.05) is 18.2 Å². The van der Waals surface area contributed by atoms with Crippen molar-refractivity contribution in [1.29, 1.82) is 0 Å². The van der Waals surface area contributed by atoms with Gasteiger partial charge in [-0.05, 0) is 61.9 Å². The van der Waals surface area contributed by atoms with Gasteiger partial charge in [-0.25, -0.2) is 8.42 Å². The second kappa shape index (κ2) is 7.16. The van der Waals surface area contributed by atoms with E-state index in [-0.39, 0.29) is 0 Å². The maximum Gasteiger partial charge on any atom is 0.175 e. The molecule has 1 fully saturated rings. The Bertz CT molecular complexity index is 799. The highest BCUT2D eigenvalue weighted by Crippen LogP contribution is 2.36. The average molecular weight is 384 g/mol. The van der Waals surface area contributed by atoms with Crippen LogP contribution in [0.4, 0.5) is 0 Å². The van der Waals surface area contributed by atoms with Crippen LogP contribution >= 0.6 is 22.9 Å². The topological polar surface area (TPSA) is 46.2 Å². The quantitative estimate of drug-likeness (QED) is 0.807. The van der Waals surface area contributed by atoms with Gasteiger partial charge in [0.2, 0.25) is 0 Å². The molecule has 0 spiro atoms. The van der Waals surface area contributed by atoms with Crippen molar-refractivity contribution in [3.8, 4) is 0 Å². The molecule has 0 amide bonds. The molecule has 1 heterocycles. The number of sulfone groups is 1. The maximum atomic E-state index is 11.6. The minimum Gasteiger partial charge on any atom is -0.307 e. The fraction of sp³-hybridized carbons (Fsp3) is 0.444. The van der Waals surface area contributed by atoms with Crippen LogP contribution in [0.5, 0.6) is 0 Å². The summed E-state index contributed by atoms with van der Waals surface area (Å²) in [6.07, 6.45) is 4.60. The molecular weight excluding hydrogens is 362 g/mol. The van der Waals surface area contributed by atoms with Gasteiger partial charge in [-0.3, -0.25) is 0 Å². The van der Waals surface area contributed by atoms with E-state index in [0.717, 1.165) is 23.6 Å². The molecule has 0 radical (unpaired) electrons. The molecule has 3 nitrogen and oxygen atoms in total. The van der Waals surface area contributed by atoms with E-state index in [4.69, 9.17) is 11.6 Å². The van der Waals surface area contributed by atoms with Gasteiger partial charge in [0.1, 0.15) is 0 Å². The van der Waals surface area contributed by atoms with Crippen molar-refractivity contribution >= 4 is 32.8 Å². The number of halogens is 1. The maximum absolute atomic E-state index is 11.6. The molecule has 3 rings (SSSR count). The van der Waals surface area contributed by atoms with E-state index in [1.165, 1.54) is 16.7 Å². The summed E-state index contributed by atoms with van der Waals surface area (Å²) in [5.74, 6) is 0.496. The number of hydrogen-bond acceptors (Lipinski definition) is 4. The first kappa shape index (κ1) is 17.9. The molecule has 24 heavy (non-hydrogen) atoms. The molecule has 1 unspecified atom stereocenters. The first-order valence-corrected chi connectivity index (χ1v) is 11.2. The Morgan fingerprint density at radius 3 is 2.46 bits per heavy atom. The zero-order chi connectivity index (χ0) is 17.3. The lowest BCUT2D eigenvalue weighted by Gasteiger charge is -2.19. The molecule has 130 valence electrons. The third-order valence-electron chi connectivity index (χ3n) is 4.72. The van der Waals surface area contributed by atoms with E-state index < -0.39 is 9.84 Å². The van der Waals surface area contributed by atoms with E-state index >= 15 is 0 Å². The number of hydrogen-bond donors (Lipinski definition) is 1. The number of rotatable bonds is 5. The molecule has 6 heteroatoms. The van der Waals surface area contributed by atoms with Crippen molar-refractivity contribution in [3.05, 3.63) is 51.2 Å². The number of thiophene rings is 1. The Hall–Kier alpha value is -0.880. The van der Waals surface area contributed by atoms with Crippen LogP contribution in [0.15, 0.2) is 41.3 Å². The lowest BCUT2D eigenvalue weighted by molar-refractivity contribution is 0.461. The standard InChI is InChI=1S/C18H22ClNO2S2/c1-12(17-9-10-18(19)23-17)20-15-6-3-14(11-15)13-4-7-16(8-5-13)24(2,21)22/h4-5,7-10,12,14-15,20H,3,6,11H2,1-2H3/t12-,14?,15-/m1/s1. The van der Waals surface area contributed by atoms with Crippen molar-refractivity contribution in [3.63, 3.8) is 0 Å². The van der Waals surface area contributed by atoms with Gasteiger partial charge in [0, 0.05) is 23.2 Å². The summed E-state index contributed by atoms with van der Waals surface area (Å²) in [6.45, 7) is 2.18. The third-order valence-corrected chi connectivity index (χ3v) is 7.26. The van der Waals surface area contributed by atoms with Gasteiger partial charge in [0.15, 0.2) is 9.84 Å². The summed E-state index contributed by atoms with van der Waals surface area (Å²) in [5.41, 5.74) is 1.23. The van der Waals surface area contributed by atoms with Crippen LogP contribution in [-0.2, 0) is 9.84 Å². The Balaban J connectivity index is 1.61. The molecule has 0 bridgehead atoms. The molecule has 1 aromatic carbocycles. The normalized spacial score (nSPS) is 22.6. The Morgan fingerprint density at radius 2 is 1.88 bits per heavy atom. The minimum absolute atomic E-state index is 0.305. The van der Waals surface area contributed by atoms with Crippen LogP contribution in [0.1, 0.15) is 48.6 Å². The molecule has 1 saturated carbocycles. The Kier molecular flexibility index (Phi) is 5.35. The van der Waals surface area contributed by atoms with Gasteiger partial charge >= 0.3 is 0 Å². The first-order valence-electron chi connectivity index (χ1n) is 8.14. The van der Waals surface area contributed by atoms with Crippen LogP contribution in [0.2, 0.25) is 4.34 Å².